The third kappa shape index (κ3) is 5.46. The maximum absolute atomic E-state index is 12.9. The Hall–Kier alpha value is -2.91. The molecule has 0 aliphatic carbocycles. The monoisotopic (exact) mass is 460 g/mol. The summed E-state index contributed by atoms with van der Waals surface area (Å²) in [7, 11) is -2.06. The number of methoxy groups -OCH3 is 1. The molecule has 0 radical (unpaired) electrons. The third-order valence-corrected chi connectivity index (χ3v) is 7.17. The van der Waals surface area contributed by atoms with Crippen LogP contribution in [-0.4, -0.2) is 51.4 Å². The van der Waals surface area contributed by atoms with E-state index in [2.05, 4.69) is 5.32 Å². The largest absolute Gasteiger partial charge is 0.496 e. The summed E-state index contributed by atoms with van der Waals surface area (Å²) in [4.78, 5) is 24.9. The predicted octanol–water partition coefficient (Wildman–Crippen LogP) is 3.23. The number of hydrogen-bond donors (Lipinski definition) is 1. The van der Waals surface area contributed by atoms with Crippen molar-refractivity contribution >= 4 is 27.6 Å². The van der Waals surface area contributed by atoms with Crippen LogP contribution in [0.15, 0.2) is 47.4 Å². The van der Waals surface area contributed by atoms with Crippen LogP contribution in [0.4, 0.5) is 5.69 Å². The van der Waals surface area contributed by atoms with Crippen LogP contribution in [0.1, 0.15) is 42.1 Å². The van der Waals surface area contributed by atoms with E-state index in [4.69, 9.17) is 9.47 Å². The van der Waals surface area contributed by atoms with Crippen LogP contribution < -0.4 is 10.1 Å². The average Bonchev–Trinajstić information content (AvgIpc) is 3.34. The number of carbonyl (C=O) groups is 2. The molecule has 0 unspecified atom stereocenters. The molecule has 0 aromatic heterocycles. The van der Waals surface area contributed by atoms with Crippen molar-refractivity contribution in [3.63, 3.8) is 0 Å². The van der Waals surface area contributed by atoms with Crippen molar-refractivity contribution < 1.29 is 27.5 Å². The Morgan fingerprint density at radius 1 is 1.09 bits per heavy atom. The number of benzene rings is 2. The topological polar surface area (TPSA) is 102 Å². The first-order valence-corrected chi connectivity index (χ1v) is 12.0. The molecule has 1 saturated heterocycles. The predicted molar refractivity (Wildman–Crippen MR) is 120 cm³/mol. The number of sulfonamides is 1. The lowest BCUT2D eigenvalue weighted by atomic mass is 10.1. The molecule has 172 valence electrons. The zero-order valence-corrected chi connectivity index (χ0v) is 19.1. The van der Waals surface area contributed by atoms with E-state index in [0.717, 1.165) is 12.8 Å². The van der Waals surface area contributed by atoms with Crippen LogP contribution in [0.25, 0.3) is 0 Å². The van der Waals surface area contributed by atoms with E-state index in [1.54, 1.807) is 43.3 Å². The van der Waals surface area contributed by atoms with E-state index < -0.39 is 16.0 Å². The average molecular weight is 461 g/mol. The molecule has 1 heterocycles. The molecule has 1 aliphatic rings. The molecule has 8 nitrogen and oxygen atoms in total. The Morgan fingerprint density at radius 3 is 2.50 bits per heavy atom. The fraction of sp³-hybridized carbons (Fsp3) is 0.391. The van der Waals surface area contributed by atoms with Gasteiger partial charge in [0.2, 0.25) is 15.9 Å². The fourth-order valence-corrected chi connectivity index (χ4v) is 5.20. The van der Waals surface area contributed by atoms with Crippen molar-refractivity contribution in [3.05, 3.63) is 53.6 Å². The molecule has 2 aromatic rings. The lowest BCUT2D eigenvalue weighted by Gasteiger charge is -2.17. The highest BCUT2D eigenvalue weighted by molar-refractivity contribution is 7.89. The molecule has 0 bridgehead atoms. The number of aryl methyl sites for hydroxylation is 1. The molecule has 9 heteroatoms. The highest BCUT2D eigenvalue weighted by atomic mass is 32.2. The summed E-state index contributed by atoms with van der Waals surface area (Å²) < 4.78 is 37.6. The van der Waals surface area contributed by atoms with Gasteiger partial charge in [0.05, 0.1) is 29.9 Å². The number of carbonyl (C=O) groups excluding carboxylic acids is 2. The maximum Gasteiger partial charge on any atom is 0.340 e. The first kappa shape index (κ1) is 23.7. The molecule has 3 rings (SSSR count). The summed E-state index contributed by atoms with van der Waals surface area (Å²) in [5.41, 5.74) is 1.27. The molecule has 2 aromatic carbocycles. The van der Waals surface area contributed by atoms with Crippen LogP contribution in [0, 0.1) is 0 Å². The van der Waals surface area contributed by atoms with Gasteiger partial charge in [0, 0.05) is 19.5 Å². The lowest BCUT2D eigenvalue weighted by molar-refractivity contribution is -0.116. The molecule has 0 atom stereocenters. The highest BCUT2D eigenvalue weighted by Crippen LogP contribution is 2.27. The van der Waals surface area contributed by atoms with Crippen LogP contribution in [0.3, 0.4) is 0 Å². The summed E-state index contributed by atoms with van der Waals surface area (Å²) in [6.07, 6.45) is 2.08. The second-order valence-corrected chi connectivity index (χ2v) is 9.34. The van der Waals surface area contributed by atoms with Gasteiger partial charge in [-0.1, -0.05) is 12.1 Å². The van der Waals surface area contributed by atoms with E-state index in [-0.39, 0.29) is 35.8 Å². The zero-order valence-electron chi connectivity index (χ0n) is 18.3. The van der Waals surface area contributed by atoms with Gasteiger partial charge in [0.15, 0.2) is 0 Å². The van der Waals surface area contributed by atoms with Gasteiger partial charge >= 0.3 is 5.97 Å². The summed E-state index contributed by atoms with van der Waals surface area (Å²) in [6.45, 7) is 2.99. The molecule has 1 N–H and O–H groups in total. The number of ether oxygens (including phenoxy) is 2. The molecular formula is C23H28N2O6S. The summed E-state index contributed by atoms with van der Waals surface area (Å²) >= 11 is 0. The number of anilines is 1. The first-order chi connectivity index (χ1) is 15.4. The standard InChI is InChI=1S/C23H28N2O6S/c1-3-31-23(27)19-8-4-5-9-20(19)24-22(26)13-10-17-16-18(11-12-21(17)30-2)32(28,29)25-14-6-7-15-25/h4-5,8-9,11-12,16H,3,6-7,10,13-15H2,1-2H3,(H,24,26). The second kappa shape index (κ2) is 10.6. The number of esters is 1. The second-order valence-electron chi connectivity index (χ2n) is 7.40. The minimum atomic E-state index is -3.57. The molecule has 1 fully saturated rings. The lowest BCUT2D eigenvalue weighted by Crippen LogP contribution is -2.28. The van der Waals surface area contributed by atoms with Crippen molar-refractivity contribution in [2.24, 2.45) is 0 Å². The molecular weight excluding hydrogens is 432 g/mol. The Morgan fingerprint density at radius 2 is 1.81 bits per heavy atom. The van der Waals surface area contributed by atoms with Crippen LogP contribution in [-0.2, 0) is 26.0 Å². The van der Waals surface area contributed by atoms with Crippen LogP contribution >= 0.6 is 0 Å². The van der Waals surface area contributed by atoms with Gasteiger partial charge in [-0.05, 0) is 62.1 Å². The van der Waals surface area contributed by atoms with E-state index in [1.807, 2.05) is 0 Å². The summed E-state index contributed by atoms with van der Waals surface area (Å²) in [5, 5.41) is 2.74. The highest BCUT2D eigenvalue weighted by Gasteiger charge is 2.28. The molecule has 0 saturated carbocycles. The normalized spacial score (nSPS) is 14.2. The number of nitrogens with zero attached hydrogens (tertiary/aromatic N) is 1. The minimum absolute atomic E-state index is 0.0841. The van der Waals surface area contributed by atoms with Crippen molar-refractivity contribution in [1.82, 2.24) is 4.31 Å². The summed E-state index contributed by atoms with van der Waals surface area (Å²) in [5.74, 6) is -0.299. The van der Waals surface area contributed by atoms with Gasteiger partial charge in [-0.15, -0.1) is 0 Å². The van der Waals surface area contributed by atoms with E-state index in [9.17, 15) is 18.0 Å². The Balaban J connectivity index is 1.73. The van der Waals surface area contributed by atoms with E-state index >= 15 is 0 Å². The van der Waals surface area contributed by atoms with Gasteiger partial charge in [-0.3, -0.25) is 4.79 Å². The molecule has 1 amide bonds. The van der Waals surface area contributed by atoms with E-state index in [1.165, 1.54) is 17.5 Å². The Bertz CT molecular complexity index is 1080. The van der Waals surface area contributed by atoms with Gasteiger partial charge in [0.1, 0.15) is 5.75 Å². The number of rotatable bonds is 9. The van der Waals surface area contributed by atoms with Crippen LogP contribution in [0.2, 0.25) is 0 Å². The molecule has 0 spiro atoms. The fourth-order valence-electron chi connectivity index (χ4n) is 3.63. The van der Waals surface area contributed by atoms with Crippen molar-refractivity contribution in [3.8, 4) is 5.75 Å². The third-order valence-electron chi connectivity index (χ3n) is 5.27. The Kier molecular flexibility index (Phi) is 7.87. The van der Waals surface area contributed by atoms with Crippen LogP contribution in [0.5, 0.6) is 5.75 Å². The van der Waals surface area contributed by atoms with Crippen molar-refractivity contribution in [2.45, 2.75) is 37.5 Å². The number of para-hydroxylation sites is 1. The van der Waals surface area contributed by atoms with E-state index in [0.29, 0.717) is 30.1 Å². The maximum atomic E-state index is 12.9. The number of amides is 1. The Labute approximate surface area is 188 Å². The zero-order chi connectivity index (χ0) is 23.1. The quantitative estimate of drug-likeness (QED) is 0.577. The van der Waals surface area contributed by atoms with Gasteiger partial charge < -0.3 is 14.8 Å². The van der Waals surface area contributed by atoms with Gasteiger partial charge in [-0.25, -0.2) is 13.2 Å². The van der Waals surface area contributed by atoms with Gasteiger partial charge in [0.25, 0.3) is 0 Å². The number of hydrogen-bond acceptors (Lipinski definition) is 6. The van der Waals surface area contributed by atoms with Gasteiger partial charge in [-0.2, -0.15) is 4.31 Å². The summed E-state index contributed by atoms with van der Waals surface area (Å²) in [6, 6.07) is 11.4. The van der Waals surface area contributed by atoms with Crippen molar-refractivity contribution in [1.29, 1.82) is 0 Å². The SMILES string of the molecule is CCOC(=O)c1ccccc1NC(=O)CCc1cc(S(=O)(=O)N2CCCC2)ccc1OC. The molecule has 1 aliphatic heterocycles. The first-order valence-electron chi connectivity index (χ1n) is 10.6. The number of nitrogens with one attached hydrogen (secondary N) is 1. The smallest absolute Gasteiger partial charge is 0.340 e. The molecule has 32 heavy (non-hydrogen) atoms. The minimum Gasteiger partial charge on any atom is -0.496 e. The van der Waals surface area contributed by atoms with Crippen molar-refractivity contribution in [2.75, 3.05) is 32.1 Å².